The fourth-order valence-electron chi connectivity index (χ4n) is 3.11. The first-order valence-electron chi connectivity index (χ1n) is 8.68. The molecule has 27 heavy (non-hydrogen) atoms. The Morgan fingerprint density at radius 2 is 2.00 bits per heavy atom. The molecule has 0 fully saturated rings. The number of aryl methyl sites for hydroxylation is 2. The summed E-state index contributed by atoms with van der Waals surface area (Å²) in [6.45, 7) is 1.96. The van der Waals surface area contributed by atoms with Gasteiger partial charge in [0.1, 0.15) is 11.5 Å². The van der Waals surface area contributed by atoms with E-state index in [2.05, 4.69) is 10.1 Å². The lowest BCUT2D eigenvalue weighted by Gasteiger charge is -2.17. The first-order chi connectivity index (χ1) is 13.1. The van der Waals surface area contributed by atoms with Gasteiger partial charge in [-0.3, -0.25) is 4.79 Å². The lowest BCUT2D eigenvalue weighted by Crippen LogP contribution is -2.13. The van der Waals surface area contributed by atoms with Crippen molar-refractivity contribution >= 4 is 11.9 Å². The van der Waals surface area contributed by atoms with Crippen molar-refractivity contribution in [1.29, 1.82) is 0 Å². The average molecular weight is 362 g/mol. The van der Waals surface area contributed by atoms with Crippen LogP contribution in [0.15, 0.2) is 52.6 Å². The van der Waals surface area contributed by atoms with E-state index in [0.29, 0.717) is 29.4 Å². The maximum absolute atomic E-state index is 12.7. The van der Waals surface area contributed by atoms with Gasteiger partial charge < -0.3 is 14.4 Å². The molecule has 6 nitrogen and oxygen atoms in total. The molecule has 0 amide bonds. The van der Waals surface area contributed by atoms with Crippen LogP contribution in [0.4, 0.5) is 0 Å². The minimum atomic E-state index is 0.0176. The van der Waals surface area contributed by atoms with Crippen molar-refractivity contribution < 1.29 is 19.2 Å². The third kappa shape index (κ3) is 3.74. The fourth-order valence-corrected chi connectivity index (χ4v) is 3.11. The summed E-state index contributed by atoms with van der Waals surface area (Å²) in [7, 11) is 0. The minimum absolute atomic E-state index is 0.0176. The number of phenols is 1. The van der Waals surface area contributed by atoms with Crippen LogP contribution in [0.2, 0.25) is 0 Å². The monoisotopic (exact) mass is 362 g/mol. The second kappa shape index (κ2) is 7.07. The number of phenolic OH excluding ortho intramolecular Hbond substituents is 1. The molecule has 0 saturated heterocycles. The van der Waals surface area contributed by atoms with E-state index < -0.39 is 0 Å². The highest BCUT2D eigenvalue weighted by molar-refractivity contribution is 6.13. The molecular weight excluding hydrogens is 344 g/mol. The van der Waals surface area contributed by atoms with Gasteiger partial charge >= 0.3 is 0 Å². The molecule has 0 spiro atoms. The molecule has 4 rings (SSSR count). The summed E-state index contributed by atoms with van der Waals surface area (Å²) in [4.78, 5) is 16.8. The van der Waals surface area contributed by atoms with E-state index in [4.69, 9.17) is 9.26 Å². The molecular formula is C21H18N2O4. The molecule has 3 aromatic rings. The van der Waals surface area contributed by atoms with Crippen LogP contribution in [0.5, 0.6) is 11.5 Å². The van der Waals surface area contributed by atoms with Crippen LogP contribution >= 0.6 is 0 Å². The summed E-state index contributed by atoms with van der Waals surface area (Å²) in [6.07, 6.45) is 3.31. The van der Waals surface area contributed by atoms with Gasteiger partial charge in [0.05, 0.1) is 0 Å². The highest BCUT2D eigenvalue weighted by Crippen LogP contribution is 2.29. The highest BCUT2D eigenvalue weighted by atomic mass is 16.5. The zero-order valence-electron chi connectivity index (χ0n) is 14.8. The molecule has 0 radical (unpaired) electrons. The van der Waals surface area contributed by atoms with Crippen LogP contribution in [0.1, 0.15) is 39.6 Å². The van der Waals surface area contributed by atoms with Gasteiger partial charge in [0.15, 0.2) is 12.4 Å². The van der Waals surface area contributed by atoms with Gasteiger partial charge in [-0.25, -0.2) is 0 Å². The summed E-state index contributed by atoms with van der Waals surface area (Å²) in [5, 5.41) is 13.4. The Morgan fingerprint density at radius 1 is 1.19 bits per heavy atom. The van der Waals surface area contributed by atoms with E-state index in [9.17, 15) is 9.90 Å². The summed E-state index contributed by atoms with van der Waals surface area (Å²) in [5.74, 6) is 1.90. The Hall–Kier alpha value is -3.41. The van der Waals surface area contributed by atoms with E-state index in [-0.39, 0.29) is 18.1 Å². The largest absolute Gasteiger partial charge is 0.508 e. The topological polar surface area (TPSA) is 85.5 Å². The minimum Gasteiger partial charge on any atom is -0.508 e. The Balaban J connectivity index is 1.46. The van der Waals surface area contributed by atoms with Crippen molar-refractivity contribution in [2.75, 3.05) is 0 Å². The standard InChI is InChI=1S/C21H18N2O4/c1-13-22-20(23-27-13)12-26-18-7-2-14(3-8-18)10-16-5-4-15-11-17(24)6-9-19(15)21(16)25/h2-3,6-11,24H,4-5,12H2,1H3/b16-10-. The number of ether oxygens (including phenoxy) is 1. The summed E-state index contributed by atoms with van der Waals surface area (Å²) in [6, 6.07) is 12.4. The SMILES string of the molecule is Cc1nc(COc2ccc(/C=C3/CCc4cc(O)ccc4C3=O)cc2)no1. The summed E-state index contributed by atoms with van der Waals surface area (Å²) < 4.78 is 10.5. The van der Waals surface area contributed by atoms with Crippen LogP contribution in [0.3, 0.4) is 0 Å². The van der Waals surface area contributed by atoms with Gasteiger partial charge in [0, 0.05) is 18.1 Å². The number of carbonyl (C=O) groups excluding carboxylic acids is 1. The molecule has 1 aliphatic carbocycles. The quantitative estimate of drug-likeness (QED) is 0.709. The molecule has 1 heterocycles. The van der Waals surface area contributed by atoms with Crippen molar-refractivity contribution in [2.24, 2.45) is 0 Å². The van der Waals surface area contributed by atoms with Crippen molar-refractivity contribution in [3.63, 3.8) is 0 Å². The van der Waals surface area contributed by atoms with Gasteiger partial charge in [0.2, 0.25) is 11.7 Å². The van der Waals surface area contributed by atoms with Crippen molar-refractivity contribution in [1.82, 2.24) is 10.1 Å². The first-order valence-corrected chi connectivity index (χ1v) is 8.68. The van der Waals surface area contributed by atoms with Gasteiger partial charge in [-0.15, -0.1) is 0 Å². The zero-order valence-corrected chi connectivity index (χ0v) is 14.8. The molecule has 0 unspecified atom stereocenters. The molecule has 2 aromatic carbocycles. The molecule has 1 N–H and O–H groups in total. The maximum Gasteiger partial charge on any atom is 0.223 e. The number of aromatic hydroxyl groups is 1. The predicted molar refractivity (Wildman–Crippen MR) is 98.5 cm³/mol. The molecule has 1 aliphatic rings. The second-order valence-electron chi connectivity index (χ2n) is 6.43. The van der Waals surface area contributed by atoms with Crippen molar-refractivity contribution in [2.45, 2.75) is 26.4 Å². The number of fused-ring (bicyclic) bond motifs is 1. The van der Waals surface area contributed by atoms with E-state index >= 15 is 0 Å². The number of benzene rings is 2. The predicted octanol–water partition coefficient (Wildman–Crippen LogP) is 3.88. The Morgan fingerprint density at radius 3 is 2.74 bits per heavy atom. The molecule has 0 bridgehead atoms. The van der Waals surface area contributed by atoms with Crippen LogP contribution in [0, 0.1) is 6.92 Å². The van der Waals surface area contributed by atoms with E-state index in [1.165, 1.54) is 0 Å². The molecule has 136 valence electrons. The summed E-state index contributed by atoms with van der Waals surface area (Å²) in [5.41, 5.74) is 3.27. The van der Waals surface area contributed by atoms with Crippen molar-refractivity contribution in [3.05, 3.63) is 76.4 Å². The number of allylic oxidation sites excluding steroid dienone is 1. The van der Waals surface area contributed by atoms with Gasteiger partial charge in [-0.1, -0.05) is 17.3 Å². The van der Waals surface area contributed by atoms with Gasteiger partial charge in [-0.2, -0.15) is 4.98 Å². The highest BCUT2D eigenvalue weighted by Gasteiger charge is 2.22. The van der Waals surface area contributed by atoms with Gasteiger partial charge in [-0.05, 0) is 60.4 Å². The summed E-state index contributed by atoms with van der Waals surface area (Å²) >= 11 is 0. The number of aromatic nitrogens is 2. The van der Waals surface area contributed by atoms with Gasteiger partial charge in [0.25, 0.3) is 0 Å². The Labute approximate surface area is 156 Å². The molecule has 6 heteroatoms. The fraction of sp³-hybridized carbons (Fsp3) is 0.190. The number of hydrogen-bond acceptors (Lipinski definition) is 6. The molecule has 1 aromatic heterocycles. The smallest absolute Gasteiger partial charge is 0.223 e. The zero-order chi connectivity index (χ0) is 18.8. The van der Waals surface area contributed by atoms with Crippen LogP contribution in [-0.2, 0) is 13.0 Å². The van der Waals surface area contributed by atoms with Crippen LogP contribution < -0.4 is 4.74 Å². The van der Waals surface area contributed by atoms with E-state index in [1.807, 2.05) is 30.3 Å². The van der Waals surface area contributed by atoms with Crippen molar-refractivity contribution in [3.8, 4) is 11.5 Å². The Bertz CT molecular complexity index is 1020. The normalized spacial score (nSPS) is 15.0. The Kier molecular flexibility index (Phi) is 4.46. The van der Waals surface area contributed by atoms with E-state index in [1.54, 1.807) is 25.1 Å². The number of ketones is 1. The van der Waals surface area contributed by atoms with E-state index in [0.717, 1.165) is 23.1 Å². The lowest BCUT2D eigenvalue weighted by molar-refractivity contribution is 0.102. The second-order valence-corrected chi connectivity index (χ2v) is 6.43. The third-order valence-corrected chi connectivity index (χ3v) is 4.45. The first kappa shape index (κ1) is 17.0. The average Bonchev–Trinajstić information content (AvgIpc) is 3.09. The number of Topliss-reactive ketones (excluding diaryl/α,β-unsaturated/α-hetero) is 1. The number of carbonyl (C=O) groups is 1. The molecule has 0 atom stereocenters. The number of rotatable bonds is 4. The number of nitrogens with zero attached hydrogens (tertiary/aromatic N) is 2. The molecule has 0 saturated carbocycles. The lowest BCUT2D eigenvalue weighted by atomic mass is 9.86. The maximum atomic E-state index is 12.7. The van der Waals surface area contributed by atoms with Crippen LogP contribution in [-0.4, -0.2) is 21.0 Å². The third-order valence-electron chi connectivity index (χ3n) is 4.45. The number of hydrogen-bond donors (Lipinski definition) is 1. The molecule has 0 aliphatic heterocycles. The van der Waals surface area contributed by atoms with Crippen LogP contribution in [0.25, 0.3) is 6.08 Å².